The van der Waals surface area contributed by atoms with Gasteiger partial charge in [0.25, 0.3) is 0 Å². The van der Waals surface area contributed by atoms with Gasteiger partial charge in [0, 0.05) is 22.8 Å². The summed E-state index contributed by atoms with van der Waals surface area (Å²) < 4.78 is 0. The van der Waals surface area contributed by atoms with E-state index in [2.05, 4.69) is 74.5 Å². The minimum absolute atomic E-state index is 0.792. The highest BCUT2D eigenvalue weighted by Crippen LogP contribution is 2.16. The topological polar surface area (TPSA) is 103 Å². The predicted molar refractivity (Wildman–Crippen MR) is 159 cm³/mol. The van der Waals surface area contributed by atoms with Crippen molar-refractivity contribution in [3.05, 3.63) is 91.6 Å². The van der Waals surface area contributed by atoms with E-state index in [9.17, 15) is 0 Å². The SMILES string of the molecule is Cc1cc(C)nc(C)n1.Cc1nc(C)c(C)c(C)c1C.Cc1nc(C)c(C)nc1C.Cc1nc(C)nc(C)n1. The maximum Gasteiger partial charge on any atom is 0.129 e. The maximum atomic E-state index is 4.43. The molecule has 0 atom stereocenters. The number of nitrogens with zero attached hydrogens (tertiary/aromatic N) is 8. The Labute approximate surface area is 235 Å². The summed E-state index contributed by atoms with van der Waals surface area (Å²) in [6.45, 7) is 29.9. The molecule has 0 bridgehead atoms. The molecule has 0 saturated heterocycles. The van der Waals surface area contributed by atoms with Gasteiger partial charge in [-0.1, -0.05) is 0 Å². The predicted octanol–water partition coefficient (Wildman–Crippen LogP) is 6.53. The molecule has 4 aromatic rings. The van der Waals surface area contributed by atoms with Gasteiger partial charge in [-0.3, -0.25) is 15.0 Å². The Kier molecular flexibility index (Phi) is 12.9. The zero-order valence-corrected chi connectivity index (χ0v) is 26.7. The fourth-order valence-electron chi connectivity index (χ4n) is 3.75. The van der Waals surface area contributed by atoms with Crippen LogP contribution < -0.4 is 0 Å². The molecule has 0 aliphatic heterocycles. The van der Waals surface area contributed by atoms with E-state index in [1.807, 2.05) is 75.3 Å². The van der Waals surface area contributed by atoms with Gasteiger partial charge in [0.15, 0.2) is 0 Å². The van der Waals surface area contributed by atoms with Crippen molar-refractivity contribution in [3.8, 4) is 0 Å². The molecule has 0 fully saturated rings. The van der Waals surface area contributed by atoms with Gasteiger partial charge in [0.05, 0.1) is 22.8 Å². The lowest BCUT2D eigenvalue weighted by molar-refractivity contribution is 0.875. The van der Waals surface area contributed by atoms with E-state index in [-0.39, 0.29) is 0 Å². The van der Waals surface area contributed by atoms with Crippen molar-refractivity contribution in [3.63, 3.8) is 0 Å². The van der Waals surface area contributed by atoms with E-state index in [1.165, 1.54) is 16.7 Å². The van der Waals surface area contributed by atoms with Crippen LogP contribution in [0, 0.1) is 104 Å². The third-order valence-electron chi connectivity index (χ3n) is 6.33. The van der Waals surface area contributed by atoms with Crippen molar-refractivity contribution in [2.24, 2.45) is 0 Å². The fourth-order valence-corrected chi connectivity index (χ4v) is 3.75. The van der Waals surface area contributed by atoms with E-state index in [0.29, 0.717) is 0 Å². The highest BCUT2D eigenvalue weighted by atomic mass is 15.0. The molecule has 0 N–H and O–H groups in total. The molecule has 0 amide bonds. The lowest BCUT2D eigenvalue weighted by atomic mass is 10.0. The van der Waals surface area contributed by atoms with Crippen LogP contribution in [0.15, 0.2) is 6.07 Å². The zero-order chi connectivity index (χ0) is 30.0. The normalized spacial score (nSPS) is 9.92. The summed E-state index contributed by atoms with van der Waals surface area (Å²) >= 11 is 0. The first-order valence-electron chi connectivity index (χ1n) is 13.2. The van der Waals surface area contributed by atoms with Crippen LogP contribution in [0.4, 0.5) is 0 Å². The van der Waals surface area contributed by atoms with Crippen LogP contribution in [-0.2, 0) is 0 Å². The Hall–Kier alpha value is -3.68. The second-order valence-corrected chi connectivity index (χ2v) is 9.90. The Morgan fingerprint density at radius 3 is 0.821 bits per heavy atom. The molecule has 210 valence electrons. The molecule has 8 nitrogen and oxygen atoms in total. The standard InChI is InChI=1S/C10H15N.C8H12N2.C7H10N2.C6H9N3/c1-6-7(2)9(4)11-10(5)8(6)3;1-5-6(2)10-8(4)7(3)9-5;1-5-4-6(2)9-7(3)8-5;1-4-7-5(2)9-6(3)8-4/h1-5H3;1-4H3;4H,1-3H3;1-3H3. The molecule has 0 unspecified atom stereocenters. The van der Waals surface area contributed by atoms with Crippen LogP contribution in [0.5, 0.6) is 0 Å². The number of hydrogen-bond donors (Lipinski definition) is 0. The van der Waals surface area contributed by atoms with Crippen molar-refractivity contribution >= 4 is 0 Å². The lowest BCUT2D eigenvalue weighted by Gasteiger charge is -2.09. The van der Waals surface area contributed by atoms with Crippen LogP contribution in [0.3, 0.4) is 0 Å². The molecular formula is C31H46N8. The molecule has 0 aromatic carbocycles. The maximum absolute atomic E-state index is 4.43. The summed E-state index contributed by atoms with van der Waals surface area (Å²) in [5, 5.41) is 0. The third-order valence-corrected chi connectivity index (χ3v) is 6.33. The molecule has 0 radical (unpaired) electrons. The first kappa shape index (κ1) is 33.3. The minimum Gasteiger partial charge on any atom is -0.258 e. The molecular weight excluding hydrogens is 484 g/mol. The number of pyridine rings is 1. The number of hydrogen-bond acceptors (Lipinski definition) is 8. The zero-order valence-electron chi connectivity index (χ0n) is 26.7. The summed E-state index contributed by atoms with van der Waals surface area (Å²) in [6.07, 6.45) is 0. The summed E-state index contributed by atoms with van der Waals surface area (Å²) in [5.74, 6) is 3.23. The summed E-state index contributed by atoms with van der Waals surface area (Å²) in [7, 11) is 0. The van der Waals surface area contributed by atoms with Crippen molar-refractivity contribution in [2.75, 3.05) is 0 Å². The molecule has 8 heteroatoms. The second kappa shape index (κ2) is 15.0. The van der Waals surface area contributed by atoms with E-state index in [1.54, 1.807) is 0 Å². The average Bonchev–Trinajstić information content (AvgIpc) is 2.80. The van der Waals surface area contributed by atoms with Crippen LogP contribution in [0.1, 0.15) is 85.5 Å². The Bertz CT molecular complexity index is 1180. The van der Waals surface area contributed by atoms with Gasteiger partial charge >= 0.3 is 0 Å². The largest absolute Gasteiger partial charge is 0.258 e. The minimum atomic E-state index is 0.792. The second-order valence-electron chi connectivity index (χ2n) is 9.90. The quantitative estimate of drug-likeness (QED) is 0.253. The lowest BCUT2D eigenvalue weighted by Crippen LogP contribution is -1.98. The van der Waals surface area contributed by atoms with E-state index in [4.69, 9.17) is 0 Å². The van der Waals surface area contributed by atoms with Crippen molar-refractivity contribution in [1.29, 1.82) is 0 Å². The van der Waals surface area contributed by atoms with Crippen LogP contribution in [0.25, 0.3) is 0 Å². The number of aromatic nitrogens is 8. The number of rotatable bonds is 0. The highest BCUT2D eigenvalue weighted by molar-refractivity contribution is 5.36. The molecule has 0 saturated carbocycles. The molecule has 0 aliphatic rings. The van der Waals surface area contributed by atoms with Crippen LogP contribution in [-0.4, -0.2) is 39.9 Å². The van der Waals surface area contributed by atoms with Gasteiger partial charge < -0.3 is 0 Å². The van der Waals surface area contributed by atoms with Crippen molar-refractivity contribution in [1.82, 2.24) is 39.9 Å². The monoisotopic (exact) mass is 530 g/mol. The summed E-state index contributed by atoms with van der Waals surface area (Å²) in [4.78, 5) is 33.3. The highest BCUT2D eigenvalue weighted by Gasteiger charge is 2.04. The summed E-state index contributed by atoms with van der Waals surface area (Å²) in [6, 6.07) is 1.97. The van der Waals surface area contributed by atoms with Crippen LogP contribution in [0.2, 0.25) is 0 Å². The average molecular weight is 531 g/mol. The molecule has 0 spiro atoms. The van der Waals surface area contributed by atoms with Crippen LogP contribution >= 0.6 is 0 Å². The van der Waals surface area contributed by atoms with Gasteiger partial charge in [-0.2, -0.15) is 0 Å². The molecule has 0 aliphatic carbocycles. The van der Waals surface area contributed by atoms with Gasteiger partial charge in [-0.05, 0) is 127 Å². The van der Waals surface area contributed by atoms with E-state index >= 15 is 0 Å². The van der Waals surface area contributed by atoms with E-state index in [0.717, 1.165) is 68.8 Å². The third kappa shape index (κ3) is 11.3. The Morgan fingerprint density at radius 2 is 0.538 bits per heavy atom. The van der Waals surface area contributed by atoms with Crippen molar-refractivity contribution < 1.29 is 0 Å². The van der Waals surface area contributed by atoms with Gasteiger partial charge in [0.2, 0.25) is 0 Å². The van der Waals surface area contributed by atoms with Crippen molar-refractivity contribution in [2.45, 2.75) is 104 Å². The first-order chi connectivity index (χ1) is 18.0. The number of aryl methyl sites for hydroxylation is 12. The molecule has 4 rings (SSSR count). The summed E-state index contributed by atoms with van der Waals surface area (Å²) in [5.41, 5.74) is 12.6. The smallest absolute Gasteiger partial charge is 0.129 e. The molecule has 4 aromatic heterocycles. The van der Waals surface area contributed by atoms with Gasteiger partial charge in [-0.15, -0.1) is 0 Å². The van der Waals surface area contributed by atoms with Gasteiger partial charge in [-0.25, -0.2) is 24.9 Å². The fraction of sp³-hybridized carbons (Fsp3) is 0.484. The Morgan fingerprint density at radius 1 is 0.282 bits per heavy atom. The molecule has 39 heavy (non-hydrogen) atoms. The first-order valence-corrected chi connectivity index (χ1v) is 13.2. The Balaban J connectivity index is 0.000000261. The van der Waals surface area contributed by atoms with E-state index < -0.39 is 0 Å². The van der Waals surface area contributed by atoms with Gasteiger partial charge in [0.1, 0.15) is 23.3 Å². The molecule has 4 heterocycles.